The zero-order valence-corrected chi connectivity index (χ0v) is 15.3. The number of benzene rings is 1. The van der Waals surface area contributed by atoms with Crippen molar-refractivity contribution in [1.82, 2.24) is 14.9 Å². The van der Waals surface area contributed by atoms with Crippen LogP contribution >= 0.6 is 0 Å². The molecule has 1 aromatic carbocycles. The van der Waals surface area contributed by atoms with Crippen molar-refractivity contribution in [3.8, 4) is 23.1 Å². The third-order valence-electron chi connectivity index (χ3n) is 4.72. The molecule has 7 nitrogen and oxygen atoms in total. The van der Waals surface area contributed by atoms with Gasteiger partial charge in [0, 0.05) is 31.3 Å². The monoisotopic (exact) mass is 367 g/mol. The zero-order valence-electron chi connectivity index (χ0n) is 15.3. The van der Waals surface area contributed by atoms with Gasteiger partial charge in [-0.15, -0.1) is 0 Å². The molecular formula is C20H21N3O4. The largest absolute Gasteiger partial charge is 0.497 e. The van der Waals surface area contributed by atoms with Crippen molar-refractivity contribution in [1.29, 1.82) is 0 Å². The van der Waals surface area contributed by atoms with Crippen LogP contribution in [0.5, 0.6) is 11.5 Å². The second-order valence-electron chi connectivity index (χ2n) is 6.50. The molecule has 4 rings (SSSR count). The standard InChI is InChI=1S/C20H21N3O4/c1-25-14-8-13(9-15(10-14)26-2)11-23-6-5-16-17(12-23)21-19(22-20(16)24)18-4-3-7-27-18/h3-4,7-10H,5-6,11-12H2,1-2H3,(H,21,22,24). The predicted molar refractivity (Wildman–Crippen MR) is 99.9 cm³/mol. The lowest BCUT2D eigenvalue weighted by molar-refractivity contribution is 0.240. The number of nitrogens with zero attached hydrogens (tertiary/aromatic N) is 2. The number of aromatic amines is 1. The third-order valence-corrected chi connectivity index (χ3v) is 4.72. The fourth-order valence-corrected chi connectivity index (χ4v) is 3.37. The minimum atomic E-state index is -0.0888. The van der Waals surface area contributed by atoms with E-state index in [2.05, 4.69) is 14.9 Å². The van der Waals surface area contributed by atoms with Crippen molar-refractivity contribution >= 4 is 0 Å². The Hall–Kier alpha value is -3.06. The van der Waals surface area contributed by atoms with Crippen molar-refractivity contribution in [2.24, 2.45) is 0 Å². The molecule has 1 aliphatic rings. The Kier molecular flexibility index (Phi) is 4.68. The summed E-state index contributed by atoms with van der Waals surface area (Å²) >= 11 is 0. The smallest absolute Gasteiger partial charge is 0.254 e. The molecule has 3 heterocycles. The molecular weight excluding hydrogens is 346 g/mol. The molecule has 0 fully saturated rings. The third kappa shape index (κ3) is 3.59. The Morgan fingerprint density at radius 3 is 2.67 bits per heavy atom. The maximum Gasteiger partial charge on any atom is 0.254 e. The minimum Gasteiger partial charge on any atom is -0.497 e. The first-order valence-electron chi connectivity index (χ1n) is 8.76. The molecule has 0 bridgehead atoms. The summed E-state index contributed by atoms with van der Waals surface area (Å²) in [5.41, 5.74) is 2.55. The molecule has 0 amide bonds. The van der Waals surface area contributed by atoms with Crippen LogP contribution < -0.4 is 15.0 Å². The molecule has 7 heteroatoms. The summed E-state index contributed by atoms with van der Waals surface area (Å²) in [5, 5.41) is 0. The van der Waals surface area contributed by atoms with E-state index in [1.807, 2.05) is 18.2 Å². The summed E-state index contributed by atoms with van der Waals surface area (Å²) in [6.07, 6.45) is 2.23. The van der Waals surface area contributed by atoms with Crippen LogP contribution in [0.1, 0.15) is 16.8 Å². The van der Waals surface area contributed by atoms with E-state index in [0.29, 0.717) is 24.6 Å². The fraction of sp³-hybridized carbons (Fsp3) is 0.300. The molecule has 27 heavy (non-hydrogen) atoms. The van der Waals surface area contributed by atoms with Gasteiger partial charge >= 0.3 is 0 Å². The summed E-state index contributed by atoms with van der Waals surface area (Å²) in [5.74, 6) is 2.55. The Bertz CT molecular complexity index is 973. The SMILES string of the molecule is COc1cc(CN2CCc3c(nc(-c4ccco4)[nH]c3=O)C2)cc(OC)c1. The van der Waals surface area contributed by atoms with Crippen molar-refractivity contribution < 1.29 is 13.9 Å². The first kappa shape index (κ1) is 17.4. The normalized spacial score (nSPS) is 14.0. The van der Waals surface area contributed by atoms with Gasteiger partial charge in [-0.1, -0.05) is 0 Å². The maximum absolute atomic E-state index is 12.4. The van der Waals surface area contributed by atoms with Gasteiger partial charge in [-0.2, -0.15) is 0 Å². The quantitative estimate of drug-likeness (QED) is 0.747. The number of rotatable bonds is 5. The van der Waals surface area contributed by atoms with Gasteiger partial charge < -0.3 is 18.9 Å². The van der Waals surface area contributed by atoms with E-state index >= 15 is 0 Å². The average Bonchev–Trinajstić information content (AvgIpc) is 3.22. The fourth-order valence-electron chi connectivity index (χ4n) is 3.37. The summed E-state index contributed by atoms with van der Waals surface area (Å²) in [6, 6.07) is 9.41. The van der Waals surface area contributed by atoms with E-state index in [-0.39, 0.29) is 5.56 Å². The Balaban J connectivity index is 1.59. The van der Waals surface area contributed by atoms with E-state index in [4.69, 9.17) is 13.9 Å². The topological polar surface area (TPSA) is 80.6 Å². The molecule has 2 aromatic heterocycles. The highest BCUT2D eigenvalue weighted by Gasteiger charge is 2.22. The summed E-state index contributed by atoms with van der Waals surface area (Å²) in [4.78, 5) is 22.1. The average molecular weight is 367 g/mol. The molecule has 0 radical (unpaired) electrons. The summed E-state index contributed by atoms with van der Waals surface area (Å²) in [7, 11) is 3.28. The van der Waals surface area contributed by atoms with Gasteiger partial charge in [0.25, 0.3) is 5.56 Å². The van der Waals surface area contributed by atoms with Gasteiger partial charge in [0.2, 0.25) is 0 Å². The maximum atomic E-state index is 12.4. The zero-order chi connectivity index (χ0) is 18.8. The number of methoxy groups -OCH3 is 2. The van der Waals surface area contributed by atoms with E-state index < -0.39 is 0 Å². The van der Waals surface area contributed by atoms with Gasteiger partial charge in [0.1, 0.15) is 11.5 Å². The highest BCUT2D eigenvalue weighted by atomic mass is 16.5. The van der Waals surface area contributed by atoms with Crippen molar-refractivity contribution in [2.75, 3.05) is 20.8 Å². The van der Waals surface area contributed by atoms with Crippen LogP contribution in [0.15, 0.2) is 45.8 Å². The molecule has 1 N–H and O–H groups in total. The van der Waals surface area contributed by atoms with E-state index in [0.717, 1.165) is 41.4 Å². The van der Waals surface area contributed by atoms with E-state index in [9.17, 15) is 4.79 Å². The molecule has 0 unspecified atom stereocenters. The van der Waals surface area contributed by atoms with Crippen molar-refractivity contribution in [3.05, 3.63) is 63.8 Å². The second-order valence-corrected chi connectivity index (χ2v) is 6.50. The number of nitrogens with one attached hydrogen (secondary N) is 1. The first-order chi connectivity index (χ1) is 13.2. The first-order valence-corrected chi connectivity index (χ1v) is 8.76. The lowest BCUT2D eigenvalue weighted by Gasteiger charge is -2.27. The van der Waals surface area contributed by atoms with Crippen LogP contribution in [-0.2, 0) is 19.5 Å². The Morgan fingerprint density at radius 1 is 1.22 bits per heavy atom. The van der Waals surface area contributed by atoms with Gasteiger partial charge in [0.05, 0.1) is 26.2 Å². The predicted octanol–water partition coefficient (Wildman–Crippen LogP) is 2.61. The highest BCUT2D eigenvalue weighted by molar-refractivity contribution is 5.47. The lowest BCUT2D eigenvalue weighted by atomic mass is 10.1. The lowest BCUT2D eigenvalue weighted by Crippen LogP contribution is -2.35. The number of hydrogen-bond acceptors (Lipinski definition) is 6. The summed E-state index contributed by atoms with van der Waals surface area (Å²) < 4.78 is 16.1. The molecule has 0 saturated carbocycles. The van der Waals surface area contributed by atoms with E-state index in [1.54, 1.807) is 32.6 Å². The number of ether oxygens (including phenoxy) is 2. The van der Waals surface area contributed by atoms with Gasteiger partial charge in [-0.25, -0.2) is 4.98 Å². The molecule has 0 atom stereocenters. The Labute approximate surface area is 156 Å². The van der Waals surface area contributed by atoms with Crippen LogP contribution in [0.4, 0.5) is 0 Å². The molecule has 3 aromatic rings. The highest BCUT2D eigenvalue weighted by Crippen LogP contribution is 2.25. The Morgan fingerprint density at radius 2 is 2.00 bits per heavy atom. The van der Waals surface area contributed by atoms with Gasteiger partial charge in [-0.3, -0.25) is 9.69 Å². The van der Waals surface area contributed by atoms with Crippen LogP contribution in [0.3, 0.4) is 0 Å². The van der Waals surface area contributed by atoms with Crippen molar-refractivity contribution in [3.63, 3.8) is 0 Å². The summed E-state index contributed by atoms with van der Waals surface area (Å²) in [6.45, 7) is 2.11. The number of fused-ring (bicyclic) bond motifs is 1. The molecule has 140 valence electrons. The van der Waals surface area contributed by atoms with Crippen LogP contribution in [-0.4, -0.2) is 35.6 Å². The second kappa shape index (κ2) is 7.28. The minimum absolute atomic E-state index is 0.0888. The van der Waals surface area contributed by atoms with Crippen molar-refractivity contribution in [2.45, 2.75) is 19.5 Å². The van der Waals surface area contributed by atoms with Crippen LogP contribution in [0, 0.1) is 0 Å². The number of H-pyrrole nitrogens is 1. The molecule has 0 saturated heterocycles. The molecule has 0 aliphatic carbocycles. The van der Waals surface area contributed by atoms with Gasteiger partial charge in [0.15, 0.2) is 11.6 Å². The van der Waals surface area contributed by atoms with Crippen LogP contribution in [0.2, 0.25) is 0 Å². The van der Waals surface area contributed by atoms with Crippen LogP contribution in [0.25, 0.3) is 11.6 Å². The molecule has 0 spiro atoms. The number of furan rings is 1. The van der Waals surface area contributed by atoms with Gasteiger partial charge in [-0.05, 0) is 36.2 Å². The molecule has 1 aliphatic heterocycles. The number of aromatic nitrogens is 2. The number of hydrogen-bond donors (Lipinski definition) is 1. The van der Waals surface area contributed by atoms with E-state index in [1.165, 1.54) is 0 Å².